The number of anilines is 1. The number of nitrogens with one attached hydrogen (secondary N) is 2. The SMILES string of the molecule is CCCCOc1cc(C(=O)OCCN(CC)CC)ccc1NC(=O)C(Cc1ccc2ccccc2c1)NC.Cl.Cl. The van der Waals surface area contributed by atoms with E-state index >= 15 is 0 Å². The van der Waals surface area contributed by atoms with Crippen molar-refractivity contribution in [3.05, 3.63) is 71.8 Å². The van der Waals surface area contributed by atoms with E-state index in [9.17, 15) is 9.59 Å². The second-order valence-corrected chi connectivity index (χ2v) is 9.29. The summed E-state index contributed by atoms with van der Waals surface area (Å²) in [5, 5.41) is 8.44. The fraction of sp³-hybridized carbons (Fsp3) is 0.419. The van der Waals surface area contributed by atoms with E-state index in [0.717, 1.165) is 36.9 Å². The van der Waals surface area contributed by atoms with Crippen LogP contribution in [0.1, 0.15) is 49.5 Å². The van der Waals surface area contributed by atoms with Gasteiger partial charge < -0.3 is 25.0 Å². The van der Waals surface area contributed by atoms with Crippen LogP contribution in [-0.2, 0) is 16.0 Å². The number of carbonyl (C=O) groups is 2. The third kappa shape index (κ3) is 10.3. The molecule has 9 heteroatoms. The highest BCUT2D eigenvalue weighted by Crippen LogP contribution is 2.27. The largest absolute Gasteiger partial charge is 0.491 e. The van der Waals surface area contributed by atoms with Gasteiger partial charge in [-0.2, -0.15) is 0 Å². The van der Waals surface area contributed by atoms with Crippen LogP contribution in [0.25, 0.3) is 10.8 Å². The maximum Gasteiger partial charge on any atom is 0.338 e. The molecule has 0 bridgehead atoms. The number of hydrogen-bond donors (Lipinski definition) is 2. The number of carbonyl (C=O) groups excluding carboxylic acids is 2. The van der Waals surface area contributed by atoms with Crippen molar-refractivity contribution in [2.24, 2.45) is 0 Å². The molecule has 0 saturated carbocycles. The molecule has 3 rings (SSSR count). The van der Waals surface area contributed by atoms with Crippen molar-refractivity contribution < 1.29 is 19.1 Å². The number of amides is 1. The molecule has 7 nitrogen and oxygen atoms in total. The molecule has 0 aromatic heterocycles. The number of unbranched alkanes of at least 4 members (excludes halogenated alkanes) is 1. The first kappa shape index (κ1) is 35.2. The summed E-state index contributed by atoms with van der Waals surface area (Å²) in [5.41, 5.74) is 2.00. The second kappa shape index (κ2) is 18.5. The fourth-order valence-electron chi connectivity index (χ4n) is 4.24. The molecule has 40 heavy (non-hydrogen) atoms. The summed E-state index contributed by atoms with van der Waals surface area (Å²) in [6.07, 6.45) is 2.38. The lowest BCUT2D eigenvalue weighted by molar-refractivity contribution is -0.118. The topological polar surface area (TPSA) is 79.9 Å². The van der Waals surface area contributed by atoms with Crippen LogP contribution in [0.15, 0.2) is 60.7 Å². The Morgan fingerprint density at radius 3 is 2.30 bits per heavy atom. The Morgan fingerprint density at radius 1 is 0.900 bits per heavy atom. The minimum Gasteiger partial charge on any atom is -0.491 e. The van der Waals surface area contributed by atoms with Gasteiger partial charge in [-0.15, -0.1) is 24.8 Å². The molecule has 0 aliphatic carbocycles. The molecule has 0 heterocycles. The van der Waals surface area contributed by atoms with E-state index in [4.69, 9.17) is 9.47 Å². The normalized spacial score (nSPS) is 11.3. The van der Waals surface area contributed by atoms with Gasteiger partial charge in [0, 0.05) is 6.54 Å². The van der Waals surface area contributed by atoms with Gasteiger partial charge in [0.25, 0.3) is 0 Å². The number of esters is 1. The minimum atomic E-state index is -0.440. The maximum atomic E-state index is 13.2. The zero-order valence-corrected chi connectivity index (χ0v) is 25.5. The first-order valence-electron chi connectivity index (χ1n) is 13.6. The molecular weight excluding hydrogens is 549 g/mol. The Hall–Kier alpha value is -2.84. The van der Waals surface area contributed by atoms with Crippen molar-refractivity contribution in [3.63, 3.8) is 0 Å². The molecule has 0 saturated heterocycles. The highest BCUT2D eigenvalue weighted by atomic mass is 35.5. The molecule has 0 fully saturated rings. The Labute approximate surface area is 250 Å². The molecule has 2 N–H and O–H groups in total. The maximum absolute atomic E-state index is 13.2. The lowest BCUT2D eigenvalue weighted by atomic mass is 10.0. The fourth-order valence-corrected chi connectivity index (χ4v) is 4.24. The Bertz CT molecular complexity index is 1200. The van der Waals surface area contributed by atoms with Crippen molar-refractivity contribution in [1.29, 1.82) is 0 Å². The minimum absolute atomic E-state index is 0. The first-order valence-corrected chi connectivity index (χ1v) is 13.6. The molecule has 0 radical (unpaired) electrons. The zero-order chi connectivity index (χ0) is 27.3. The molecule has 0 spiro atoms. The Morgan fingerprint density at radius 2 is 1.62 bits per heavy atom. The van der Waals surface area contributed by atoms with Crippen LogP contribution in [0.5, 0.6) is 5.75 Å². The number of halogens is 2. The predicted molar refractivity (Wildman–Crippen MR) is 169 cm³/mol. The quantitative estimate of drug-likeness (QED) is 0.163. The second-order valence-electron chi connectivity index (χ2n) is 9.29. The molecule has 3 aromatic carbocycles. The Kier molecular flexibility index (Phi) is 16.3. The van der Waals surface area contributed by atoms with Gasteiger partial charge in [0.1, 0.15) is 12.4 Å². The average molecular weight is 593 g/mol. The van der Waals surface area contributed by atoms with Crippen molar-refractivity contribution >= 4 is 53.2 Å². The molecule has 1 atom stereocenters. The van der Waals surface area contributed by atoms with E-state index in [-0.39, 0.29) is 30.7 Å². The van der Waals surface area contributed by atoms with Crippen molar-refractivity contribution in [2.75, 3.05) is 45.2 Å². The summed E-state index contributed by atoms with van der Waals surface area (Å²) < 4.78 is 11.5. The van der Waals surface area contributed by atoms with E-state index < -0.39 is 12.0 Å². The van der Waals surface area contributed by atoms with Gasteiger partial charge in [-0.1, -0.05) is 69.7 Å². The van der Waals surface area contributed by atoms with Crippen molar-refractivity contribution in [3.8, 4) is 5.75 Å². The number of ether oxygens (including phenoxy) is 2. The van der Waals surface area contributed by atoms with Crippen molar-refractivity contribution in [2.45, 2.75) is 46.1 Å². The molecule has 0 aliphatic rings. The summed E-state index contributed by atoms with van der Waals surface area (Å²) in [5.74, 6) is -0.110. The molecule has 1 amide bonds. The van der Waals surface area contributed by atoms with Crippen LogP contribution in [0.2, 0.25) is 0 Å². The Balaban J connectivity index is 0.00000400. The van der Waals surface area contributed by atoms with Crippen LogP contribution >= 0.6 is 24.8 Å². The smallest absolute Gasteiger partial charge is 0.338 e. The molecule has 1 unspecified atom stereocenters. The van der Waals surface area contributed by atoms with Gasteiger partial charge in [0.05, 0.1) is 23.9 Å². The summed E-state index contributed by atoms with van der Waals surface area (Å²) in [6, 6.07) is 19.0. The third-order valence-corrected chi connectivity index (χ3v) is 6.68. The third-order valence-electron chi connectivity index (χ3n) is 6.68. The summed E-state index contributed by atoms with van der Waals surface area (Å²) >= 11 is 0. The molecular formula is C31H43Cl2N3O4. The number of rotatable bonds is 15. The number of nitrogens with zero attached hydrogens (tertiary/aromatic N) is 1. The average Bonchev–Trinajstić information content (AvgIpc) is 2.94. The summed E-state index contributed by atoms with van der Waals surface area (Å²) in [4.78, 5) is 28.1. The molecule has 0 aliphatic heterocycles. The van der Waals surface area contributed by atoms with Crippen LogP contribution in [0, 0.1) is 0 Å². The number of fused-ring (bicyclic) bond motifs is 1. The van der Waals surface area contributed by atoms with Gasteiger partial charge in [0.2, 0.25) is 5.91 Å². The van der Waals surface area contributed by atoms with Crippen LogP contribution in [0.3, 0.4) is 0 Å². The highest BCUT2D eigenvalue weighted by Gasteiger charge is 2.20. The monoisotopic (exact) mass is 591 g/mol. The van der Waals surface area contributed by atoms with Crippen LogP contribution in [0.4, 0.5) is 5.69 Å². The van der Waals surface area contributed by atoms with Crippen LogP contribution < -0.4 is 15.4 Å². The first-order chi connectivity index (χ1) is 18.5. The van der Waals surface area contributed by atoms with Gasteiger partial charge in [0.15, 0.2) is 0 Å². The summed E-state index contributed by atoms with van der Waals surface area (Å²) in [7, 11) is 1.78. The number of benzene rings is 3. The van der Waals surface area contributed by atoms with Gasteiger partial charge in [-0.3, -0.25) is 4.79 Å². The highest BCUT2D eigenvalue weighted by molar-refractivity contribution is 5.98. The van der Waals surface area contributed by atoms with Gasteiger partial charge >= 0.3 is 5.97 Å². The standard InChI is InChI=1S/C31H41N3O4.2ClH/c1-5-8-18-37-29-22-26(31(36)38-19-17-34(6-2)7-3)15-16-27(29)33-30(35)28(32-4)21-23-13-14-24-11-9-10-12-25(24)20-23;;/h9-16,20,22,28,32H,5-8,17-19,21H2,1-4H3,(H,33,35);2*1H. The van der Waals surface area contributed by atoms with E-state index in [0.29, 0.717) is 43.2 Å². The number of likely N-dealkylation sites (N-methyl/N-ethyl adjacent to an activating group) is 2. The molecule has 220 valence electrons. The summed E-state index contributed by atoms with van der Waals surface area (Å²) in [6.45, 7) is 9.57. The van der Waals surface area contributed by atoms with Gasteiger partial charge in [-0.05, 0) is 67.5 Å². The van der Waals surface area contributed by atoms with E-state index in [1.165, 1.54) is 5.39 Å². The molecule has 3 aromatic rings. The van der Waals surface area contributed by atoms with Gasteiger partial charge in [-0.25, -0.2) is 4.79 Å². The lowest BCUT2D eigenvalue weighted by Gasteiger charge is -2.19. The predicted octanol–water partition coefficient (Wildman–Crippen LogP) is 6.13. The van der Waals surface area contributed by atoms with Crippen molar-refractivity contribution in [1.82, 2.24) is 10.2 Å². The van der Waals surface area contributed by atoms with E-state index in [2.05, 4.69) is 66.6 Å². The lowest BCUT2D eigenvalue weighted by Crippen LogP contribution is -2.40. The zero-order valence-electron chi connectivity index (χ0n) is 23.9. The van der Waals surface area contributed by atoms with Crippen LogP contribution in [-0.4, -0.2) is 62.7 Å². The number of hydrogen-bond acceptors (Lipinski definition) is 6. The van der Waals surface area contributed by atoms with E-state index in [1.807, 2.05) is 12.1 Å². The van der Waals surface area contributed by atoms with E-state index in [1.54, 1.807) is 25.2 Å².